The minimum absolute atomic E-state index is 0.643. The molecule has 0 bridgehead atoms. The van der Waals surface area contributed by atoms with E-state index in [-0.39, 0.29) is 0 Å². The van der Waals surface area contributed by atoms with Crippen molar-refractivity contribution in [2.45, 2.75) is 20.8 Å². The molecule has 1 aromatic rings. The van der Waals surface area contributed by atoms with Gasteiger partial charge in [0.1, 0.15) is 0 Å². The average Bonchev–Trinajstić information content (AvgIpc) is 2.21. The molecule has 0 saturated carbocycles. The number of nitrogens with one attached hydrogen (secondary N) is 1. The number of hydroxylamine groups is 1. The first-order chi connectivity index (χ1) is 7.15. The van der Waals surface area contributed by atoms with Gasteiger partial charge in [-0.25, -0.2) is 0 Å². The summed E-state index contributed by atoms with van der Waals surface area (Å²) < 4.78 is 0. The van der Waals surface area contributed by atoms with Gasteiger partial charge in [-0.1, -0.05) is 18.2 Å². The SMILES string of the molecule is CONCC(C)=Nc1c(C)cccc1C. The highest BCUT2D eigenvalue weighted by molar-refractivity contribution is 5.87. The highest BCUT2D eigenvalue weighted by Gasteiger charge is 2.00. The second kappa shape index (κ2) is 5.63. The van der Waals surface area contributed by atoms with E-state index in [1.54, 1.807) is 7.11 Å². The van der Waals surface area contributed by atoms with Crippen LogP contribution in [0.4, 0.5) is 5.69 Å². The van der Waals surface area contributed by atoms with Crippen molar-refractivity contribution in [3.8, 4) is 0 Å². The Bertz CT molecular complexity index is 338. The third-order valence-electron chi connectivity index (χ3n) is 2.21. The summed E-state index contributed by atoms with van der Waals surface area (Å²) >= 11 is 0. The van der Waals surface area contributed by atoms with Crippen molar-refractivity contribution < 1.29 is 4.84 Å². The molecule has 0 aliphatic heterocycles. The van der Waals surface area contributed by atoms with Gasteiger partial charge in [-0.2, -0.15) is 5.48 Å². The minimum atomic E-state index is 0.643. The molecule has 1 N–H and O–H groups in total. The van der Waals surface area contributed by atoms with E-state index >= 15 is 0 Å². The molecule has 3 nitrogen and oxygen atoms in total. The molecule has 0 atom stereocenters. The number of aryl methyl sites for hydroxylation is 2. The van der Waals surface area contributed by atoms with E-state index < -0.39 is 0 Å². The Morgan fingerprint density at radius 2 is 1.93 bits per heavy atom. The first-order valence-corrected chi connectivity index (χ1v) is 5.01. The maximum Gasteiger partial charge on any atom is 0.0687 e. The van der Waals surface area contributed by atoms with Crippen molar-refractivity contribution in [2.75, 3.05) is 13.7 Å². The second-order valence-electron chi connectivity index (χ2n) is 3.61. The van der Waals surface area contributed by atoms with Gasteiger partial charge in [-0.15, -0.1) is 0 Å². The fourth-order valence-corrected chi connectivity index (χ4v) is 1.39. The summed E-state index contributed by atoms with van der Waals surface area (Å²) in [6.45, 7) is 6.77. The lowest BCUT2D eigenvalue weighted by Crippen LogP contribution is -2.19. The molecule has 0 aromatic heterocycles. The number of rotatable bonds is 4. The Kier molecular flexibility index (Phi) is 4.46. The van der Waals surface area contributed by atoms with E-state index in [2.05, 4.69) is 36.5 Å². The van der Waals surface area contributed by atoms with Crippen LogP contribution in [0.15, 0.2) is 23.2 Å². The Hall–Kier alpha value is -1.19. The third-order valence-corrected chi connectivity index (χ3v) is 2.21. The van der Waals surface area contributed by atoms with Gasteiger partial charge >= 0.3 is 0 Å². The van der Waals surface area contributed by atoms with E-state index in [0.717, 1.165) is 11.4 Å². The molecular formula is C12H18N2O. The maximum atomic E-state index is 4.78. The number of aliphatic imine (C=N–C) groups is 1. The van der Waals surface area contributed by atoms with Crippen molar-refractivity contribution in [2.24, 2.45) is 4.99 Å². The number of para-hydroxylation sites is 1. The maximum absolute atomic E-state index is 4.78. The van der Waals surface area contributed by atoms with Crippen LogP contribution in [0.25, 0.3) is 0 Å². The molecule has 1 aromatic carbocycles. The largest absolute Gasteiger partial charge is 0.305 e. The van der Waals surface area contributed by atoms with Gasteiger partial charge in [0.2, 0.25) is 0 Å². The minimum Gasteiger partial charge on any atom is -0.305 e. The monoisotopic (exact) mass is 206 g/mol. The van der Waals surface area contributed by atoms with Crippen LogP contribution in [0.3, 0.4) is 0 Å². The summed E-state index contributed by atoms with van der Waals surface area (Å²) in [6.07, 6.45) is 0. The molecule has 0 fully saturated rings. The van der Waals surface area contributed by atoms with E-state index in [1.165, 1.54) is 11.1 Å². The van der Waals surface area contributed by atoms with Gasteiger partial charge in [0.05, 0.1) is 19.3 Å². The van der Waals surface area contributed by atoms with Crippen molar-refractivity contribution in [1.82, 2.24) is 5.48 Å². The number of nitrogens with zero attached hydrogens (tertiary/aromatic N) is 1. The molecule has 15 heavy (non-hydrogen) atoms. The zero-order valence-electron chi connectivity index (χ0n) is 9.79. The van der Waals surface area contributed by atoms with Crippen LogP contribution in [0, 0.1) is 13.8 Å². The first-order valence-electron chi connectivity index (χ1n) is 5.01. The van der Waals surface area contributed by atoms with Crippen molar-refractivity contribution in [3.63, 3.8) is 0 Å². The molecule has 0 amide bonds. The highest BCUT2D eigenvalue weighted by Crippen LogP contribution is 2.22. The summed E-state index contributed by atoms with van der Waals surface area (Å²) in [4.78, 5) is 9.35. The Morgan fingerprint density at radius 3 is 2.47 bits per heavy atom. The summed E-state index contributed by atoms with van der Waals surface area (Å²) in [5, 5.41) is 0. The summed E-state index contributed by atoms with van der Waals surface area (Å²) in [5.74, 6) is 0. The fourth-order valence-electron chi connectivity index (χ4n) is 1.39. The molecule has 3 heteroatoms. The summed E-state index contributed by atoms with van der Waals surface area (Å²) in [6, 6.07) is 6.19. The van der Waals surface area contributed by atoms with Crippen LogP contribution in [-0.2, 0) is 4.84 Å². The number of hydrogen-bond acceptors (Lipinski definition) is 3. The Balaban J connectivity index is 2.87. The zero-order valence-corrected chi connectivity index (χ0v) is 9.79. The van der Waals surface area contributed by atoms with Crippen molar-refractivity contribution >= 4 is 11.4 Å². The van der Waals surface area contributed by atoms with Crippen molar-refractivity contribution in [1.29, 1.82) is 0 Å². The van der Waals surface area contributed by atoms with Crippen LogP contribution in [0.5, 0.6) is 0 Å². The lowest BCUT2D eigenvalue weighted by Gasteiger charge is -2.06. The predicted octanol–water partition coefficient (Wildman–Crippen LogP) is 2.55. The molecule has 0 aliphatic carbocycles. The number of benzene rings is 1. The molecule has 1 rings (SSSR count). The molecule has 0 radical (unpaired) electrons. The topological polar surface area (TPSA) is 33.6 Å². The summed E-state index contributed by atoms with van der Waals surface area (Å²) in [7, 11) is 1.60. The lowest BCUT2D eigenvalue weighted by atomic mass is 10.1. The molecule has 82 valence electrons. The smallest absolute Gasteiger partial charge is 0.0687 e. The third kappa shape index (κ3) is 3.46. The zero-order chi connectivity index (χ0) is 11.3. The van der Waals surface area contributed by atoms with Gasteiger partial charge in [-0.3, -0.25) is 4.99 Å². The lowest BCUT2D eigenvalue weighted by molar-refractivity contribution is 0.104. The highest BCUT2D eigenvalue weighted by atomic mass is 16.6. The molecule has 0 unspecified atom stereocenters. The van der Waals surface area contributed by atoms with Crippen LogP contribution in [0.2, 0.25) is 0 Å². The van der Waals surface area contributed by atoms with Crippen LogP contribution < -0.4 is 5.48 Å². The van der Waals surface area contributed by atoms with Crippen molar-refractivity contribution in [3.05, 3.63) is 29.3 Å². The molecule has 0 spiro atoms. The average molecular weight is 206 g/mol. The second-order valence-corrected chi connectivity index (χ2v) is 3.61. The van der Waals surface area contributed by atoms with Crippen LogP contribution in [0.1, 0.15) is 18.1 Å². The quantitative estimate of drug-likeness (QED) is 0.606. The molecule has 0 saturated heterocycles. The fraction of sp³-hybridized carbons (Fsp3) is 0.417. The van der Waals surface area contributed by atoms with Gasteiger partial charge in [0.15, 0.2) is 0 Å². The van der Waals surface area contributed by atoms with E-state index in [9.17, 15) is 0 Å². The van der Waals surface area contributed by atoms with Crippen LogP contribution in [-0.4, -0.2) is 19.4 Å². The van der Waals surface area contributed by atoms with E-state index in [0.29, 0.717) is 6.54 Å². The molecule has 0 heterocycles. The van der Waals surface area contributed by atoms with Gasteiger partial charge in [-0.05, 0) is 31.9 Å². The van der Waals surface area contributed by atoms with Gasteiger partial charge in [0.25, 0.3) is 0 Å². The normalized spacial score (nSPS) is 11.9. The number of hydrogen-bond donors (Lipinski definition) is 1. The van der Waals surface area contributed by atoms with E-state index in [4.69, 9.17) is 4.84 Å². The Labute approximate surface area is 91.1 Å². The standard InChI is InChI=1S/C12H18N2O/c1-9-6-5-7-10(2)12(9)14-11(3)8-13-15-4/h5-7,13H,8H2,1-4H3. The van der Waals surface area contributed by atoms with Gasteiger partial charge < -0.3 is 4.84 Å². The molecule has 0 aliphatic rings. The van der Waals surface area contributed by atoms with E-state index in [1.807, 2.05) is 13.0 Å². The summed E-state index contributed by atoms with van der Waals surface area (Å²) in [5.41, 5.74) is 7.25. The Morgan fingerprint density at radius 1 is 1.33 bits per heavy atom. The first kappa shape index (κ1) is 11.9. The van der Waals surface area contributed by atoms with Gasteiger partial charge in [0, 0.05) is 5.71 Å². The molecular weight excluding hydrogens is 188 g/mol. The van der Waals surface area contributed by atoms with Crippen LogP contribution >= 0.6 is 0 Å². The predicted molar refractivity (Wildman–Crippen MR) is 63.7 cm³/mol.